The smallest absolute Gasteiger partial charge is 0.188 e. The Bertz CT molecular complexity index is 233. The average molecular weight is 461 g/mol. The molecule has 1 atom stereocenters. The molecule has 2 nitrogen and oxygen atoms in total. The molecule has 0 aromatic heterocycles. The van der Waals surface area contributed by atoms with Gasteiger partial charge in [-0.25, -0.2) is 0 Å². The Balaban J connectivity index is 4.16. The summed E-state index contributed by atoms with van der Waals surface area (Å²) in [5.41, 5.74) is 0. The van der Waals surface area contributed by atoms with Crippen LogP contribution in [-0.4, -0.2) is 21.5 Å². The van der Waals surface area contributed by atoms with Crippen molar-refractivity contribution in [1.29, 1.82) is 0 Å². The molecule has 0 aliphatic rings. The first-order valence-corrected chi connectivity index (χ1v) is 10.5. The van der Waals surface area contributed by atoms with Gasteiger partial charge in [0.2, 0.25) is 0 Å². The van der Waals surface area contributed by atoms with Crippen molar-refractivity contribution in [2.75, 3.05) is 19.4 Å². The van der Waals surface area contributed by atoms with Crippen LogP contribution in [0.4, 0.5) is 0 Å². The highest BCUT2D eigenvalue weighted by molar-refractivity contribution is 9.39. The van der Waals surface area contributed by atoms with E-state index in [-0.39, 0.29) is 0 Å². The second kappa shape index (κ2) is 9.00. The molecule has 0 spiro atoms. The zero-order valence-electron chi connectivity index (χ0n) is 9.55. The van der Waals surface area contributed by atoms with E-state index in [0.29, 0.717) is 13.2 Å². The molecule has 7 heteroatoms. The number of alkyl halides is 3. The summed E-state index contributed by atoms with van der Waals surface area (Å²) in [5, 5.41) is 0. The van der Waals surface area contributed by atoms with Crippen molar-refractivity contribution in [1.82, 2.24) is 0 Å². The molecule has 0 N–H and O–H groups in total. The predicted octanol–water partition coefficient (Wildman–Crippen LogP) is 5.38. The number of unbranched alkanes of at least 4 members (excludes halogenated alkanes) is 1. The summed E-state index contributed by atoms with van der Waals surface area (Å²) in [6.45, 7) is 3.27. The van der Waals surface area contributed by atoms with Gasteiger partial charge in [0.1, 0.15) is 0 Å². The molecular formula is C9H18Br3O2PS. The molecule has 0 heterocycles. The summed E-state index contributed by atoms with van der Waals surface area (Å²) in [5.74, 6) is 0. The van der Waals surface area contributed by atoms with Crippen LogP contribution in [0, 0.1) is 0 Å². The minimum absolute atomic E-state index is 0.404. The Morgan fingerprint density at radius 2 is 1.75 bits per heavy atom. The summed E-state index contributed by atoms with van der Waals surface area (Å²) in [6, 6.07) is 0. The number of rotatable bonds is 8. The quantitative estimate of drug-likeness (QED) is 0.275. The first kappa shape index (κ1) is 18.0. The van der Waals surface area contributed by atoms with Gasteiger partial charge in [-0.15, -0.1) is 0 Å². The molecule has 0 saturated heterocycles. The van der Waals surface area contributed by atoms with Crippen LogP contribution in [0.5, 0.6) is 0 Å². The molecule has 0 aliphatic carbocycles. The van der Waals surface area contributed by atoms with Gasteiger partial charge in [0.15, 0.2) is 8.63 Å². The number of hydrogen-bond donors (Lipinski definition) is 0. The van der Waals surface area contributed by atoms with Gasteiger partial charge >= 0.3 is 0 Å². The van der Waals surface area contributed by atoms with Crippen molar-refractivity contribution >= 4 is 66.1 Å². The fourth-order valence-corrected chi connectivity index (χ4v) is 4.44. The van der Waals surface area contributed by atoms with Crippen LogP contribution in [0.15, 0.2) is 0 Å². The molecule has 0 radical (unpaired) electrons. The van der Waals surface area contributed by atoms with Crippen molar-refractivity contribution in [2.24, 2.45) is 0 Å². The molecule has 1 unspecified atom stereocenters. The molecule has 0 aliphatic heterocycles. The average Bonchev–Trinajstić information content (AvgIpc) is 2.15. The van der Waals surface area contributed by atoms with Crippen LogP contribution in [0.2, 0.25) is 0 Å². The minimum Gasteiger partial charge on any atom is -0.329 e. The van der Waals surface area contributed by atoms with Crippen molar-refractivity contribution in [3.05, 3.63) is 0 Å². The SMILES string of the molecule is CCCCOP(=S)(CCC)OCC(Br)(Br)Br. The van der Waals surface area contributed by atoms with E-state index < -0.39 is 8.63 Å². The molecular weight excluding hydrogens is 443 g/mol. The monoisotopic (exact) mass is 458 g/mol. The van der Waals surface area contributed by atoms with Gasteiger partial charge in [-0.1, -0.05) is 68.1 Å². The molecule has 0 aromatic rings. The third-order valence-electron chi connectivity index (χ3n) is 1.71. The van der Waals surface area contributed by atoms with Crippen LogP contribution in [0.1, 0.15) is 33.1 Å². The Morgan fingerprint density at radius 3 is 2.19 bits per heavy atom. The lowest BCUT2D eigenvalue weighted by Crippen LogP contribution is -2.12. The summed E-state index contributed by atoms with van der Waals surface area (Å²) in [7, 11) is 0. The zero-order chi connectivity index (χ0) is 12.7. The zero-order valence-corrected chi connectivity index (χ0v) is 16.0. The topological polar surface area (TPSA) is 18.5 Å². The van der Waals surface area contributed by atoms with Crippen molar-refractivity contribution in [2.45, 2.75) is 35.3 Å². The normalized spacial score (nSPS) is 16.1. The summed E-state index contributed by atoms with van der Waals surface area (Å²) in [6.07, 6.45) is 3.96. The van der Waals surface area contributed by atoms with E-state index in [9.17, 15) is 0 Å². The van der Waals surface area contributed by atoms with Crippen LogP contribution >= 0.6 is 54.3 Å². The van der Waals surface area contributed by atoms with Gasteiger partial charge in [0.05, 0.1) is 13.2 Å². The minimum atomic E-state index is -2.10. The highest BCUT2D eigenvalue weighted by Gasteiger charge is 2.25. The van der Waals surface area contributed by atoms with Crippen molar-refractivity contribution in [3.8, 4) is 0 Å². The van der Waals surface area contributed by atoms with E-state index in [1.54, 1.807) is 0 Å². The lowest BCUT2D eigenvalue weighted by atomic mass is 10.4. The van der Waals surface area contributed by atoms with Crippen molar-refractivity contribution in [3.63, 3.8) is 0 Å². The Labute approximate surface area is 129 Å². The summed E-state index contributed by atoms with van der Waals surface area (Å²) < 4.78 is 11.1. The van der Waals surface area contributed by atoms with Crippen LogP contribution in [-0.2, 0) is 20.9 Å². The predicted molar refractivity (Wildman–Crippen MR) is 85.8 cm³/mol. The van der Waals surface area contributed by atoms with Crippen LogP contribution in [0.25, 0.3) is 0 Å². The fourth-order valence-electron chi connectivity index (χ4n) is 0.960. The lowest BCUT2D eigenvalue weighted by Gasteiger charge is -2.24. The second-order valence-corrected chi connectivity index (χ2v) is 14.5. The van der Waals surface area contributed by atoms with E-state index in [2.05, 4.69) is 61.6 Å². The van der Waals surface area contributed by atoms with E-state index >= 15 is 0 Å². The number of hydrogen-bond acceptors (Lipinski definition) is 3. The molecule has 0 saturated carbocycles. The molecule has 0 fully saturated rings. The fraction of sp³-hybridized carbons (Fsp3) is 1.00. The van der Waals surface area contributed by atoms with Crippen molar-refractivity contribution < 1.29 is 9.05 Å². The maximum atomic E-state index is 5.75. The van der Waals surface area contributed by atoms with Gasteiger partial charge < -0.3 is 9.05 Å². The molecule has 0 aromatic carbocycles. The van der Waals surface area contributed by atoms with E-state index in [4.69, 9.17) is 20.9 Å². The molecule has 16 heavy (non-hydrogen) atoms. The lowest BCUT2D eigenvalue weighted by molar-refractivity contribution is 0.250. The first-order valence-electron chi connectivity index (χ1n) is 5.28. The Kier molecular flexibility index (Phi) is 10.1. The van der Waals surface area contributed by atoms with Gasteiger partial charge in [0, 0.05) is 6.16 Å². The summed E-state index contributed by atoms with van der Waals surface area (Å²) in [4.78, 5) is 0. The van der Waals surface area contributed by atoms with Gasteiger partial charge in [0.25, 0.3) is 0 Å². The molecule has 0 rings (SSSR count). The first-order chi connectivity index (χ1) is 7.33. The maximum Gasteiger partial charge on any atom is 0.188 e. The van der Waals surface area contributed by atoms with Crippen LogP contribution < -0.4 is 0 Å². The maximum absolute atomic E-state index is 5.75. The van der Waals surface area contributed by atoms with E-state index in [0.717, 1.165) is 25.4 Å². The number of halogens is 3. The standard InChI is InChI=1S/C9H18Br3O2PS/c1-3-5-6-13-15(16,7-4-2)14-8-9(10,11)12/h3-8H2,1-2H3. The third-order valence-corrected chi connectivity index (χ3v) is 5.67. The third kappa shape index (κ3) is 9.98. The highest BCUT2D eigenvalue weighted by Crippen LogP contribution is 2.51. The van der Waals surface area contributed by atoms with E-state index in [1.807, 2.05) is 0 Å². The Morgan fingerprint density at radius 1 is 1.12 bits per heavy atom. The molecule has 98 valence electrons. The largest absolute Gasteiger partial charge is 0.329 e. The summed E-state index contributed by atoms with van der Waals surface area (Å²) >= 11 is 15.7. The van der Waals surface area contributed by atoms with Gasteiger partial charge in [-0.3, -0.25) is 0 Å². The van der Waals surface area contributed by atoms with E-state index in [1.165, 1.54) is 0 Å². The Hall–Kier alpha value is 2.01. The van der Waals surface area contributed by atoms with Gasteiger partial charge in [-0.05, 0) is 24.6 Å². The molecule has 0 bridgehead atoms. The highest BCUT2D eigenvalue weighted by atomic mass is 80.0. The molecule has 0 amide bonds. The van der Waals surface area contributed by atoms with Crippen LogP contribution in [0.3, 0.4) is 0 Å². The second-order valence-electron chi connectivity index (χ2n) is 3.41. The van der Waals surface area contributed by atoms with Gasteiger partial charge in [-0.2, -0.15) is 0 Å².